The average Bonchev–Trinajstić information content (AvgIpc) is 3.14. The van der Waals surface area contributed by atoms with Crippen LogP contribution in [0.4, 0.5) is 0 Å². The van der Waals surface area contributed by atoms with Gasteiger partial charge in [0, 0.05) is 52.2 Å². The van der Waals surface area contributed by atoms with Gasteiger partial charge in [0.05, 0.1) is 6.54 Å². The predicted octanol–water partition coefficient (Wildman–Crippen LogP) is 3.85. The smallest absolute Gasteiger partial charge is 0.222 e. The van der Waals surface area contributed by atoms with Gasteiger partial charge in [0.25, 0.3) is 0 Å². The highest BCUT2D eigenvalue weighted by Crippen LogP contribution is 2.22. The van der Waals surface area contributed by atoms with Crippen molar-refractivity contribution in [3.05, 3.63) is 35.4 Å². The van der Waals surface area contributed by atoms with E-state index in [0.717, 1.165) is 63.4 Å². The molecule has 2 fully saturated rings. The largest absolute Gasteiger partial charge is 0.357 e. The molecule has 2 aliphatic heterocycles. The summed E-state index contributed by atoms with van der Waals surface area (Å²) in [4.78, 5) is 21.0. The van der Waals surface area contributed by atoms with Crippen molar-refractivity contribution in [1.82, 2.24) is 20.4 Å². The van der Waals surface area contributed by atoms with E-state index in [4.69, 9.17) is 4.99 Å². The molecular weight excluding hydrogens is 513 g/mol. The normalized spacial score (nSPS) is 22.0. The van der Waals surface area contributed by atoms with Crippen molar-refractivity contribution in [3.8, 4) is 0 Å². The van der Waals surface area contributed by atoms with E-state index in [2.05, 4.69) is 60.6 Å². The van der Waals surface area contributed by atoms with Crippen LogP contribution < -0.4 is 10.6 Å². The molecule has 2 saturated heterocycles. The number of aliphatic imine (C=N–C) groups is 1. The molecule has 0 radical (unpaired) electrons. The second kappa shape index (κ2) is 14.0. The van der Waals surface area contributed by atoms with Crippen LogP contribution in [0.2, 0.25) is 0 Å². The van der Waals surface area contributed by atoms with Gasteiger partial charge in [-0.15, -0.1) is 24.0 Å². The summed E-state index contributed by atoms with van der Waals surface area (Å²) < 4.78 is 0. The minimum Gasteiger partial charge on any atom is -0.357 e. The van der Waals surface area contributed by atoms with Gasteiger partial charge >= 0.3 is 0 Å². The zero-order chi connectivity index (χ0) is 22.1. The number of nitrogens with one attached hydrogen (secondary N) is 2. The van der Waals surface area contributed by atoms with Crippen molar-refractivity contribution < 1.29 is 4.79 Å². The number of hydrogen-bond donors (Lipinski definition) is 2. The van der Waals surface area contributed by atoms with Crippen LogP contribution >= 0.6 is 24.0 Å². The molecule has 2 unspecified atom stereocenters. The first kappa shape index (κ1) is 26.9. The molecule has 1 aromatic carbocycles. The summed E-state index contributed by atoms with van der Waals surface area (Å²) in [6.45, 7) is 14.3. The first-order valence-corrected chi connectivity index (χ1v) is 12.1. The van der Waals surface area contributed by atoms with E-state index in [9.17, 15) is 4.79 Å². The molecule has 0 aromatic heterocycles. The quantitative estimate of drug-likeness (QED) is 0.211. The third-order valence-corrected chi connectivity index (χ3v) is 6.21. The highest BCUT2D eigenvalue weighted by atomic mass is 127. The third kappa shape index (κ3) is 8.89. The number of rotatable bonds is 9. The highest BCUT2D eigenvalue weighted by Gasteiger charge is 2.21. The van der Waals surface area contributed by atoms with Crippen molar-refractivity contribution in [2.75, 3.05) is 39.3 Å². The van der Waals surface area contributed by atoms with Crippen LogP contribution in [0.5, 0.6) is 0 Å². The number of hydrogen-bond acceptors (Lipinski definition) is 3. The highest BCUT2D eigenvalue weighted by molar-refractivity contribution is 14.0. The van der Waals surface area contributed by atoms with E-state index in [0.29, 0.717) is 18.9 Å². The van der Waals surface area contributed by atoms with Crippen molar-refractivity contribution in [1.29, 1.82) is 0 Å². The molecule has 3 rings (SSSR count). The fourth-order valence-corrected chi connectivity index (χ4v) is 4.86. The Morgan fingerprint density at radius 3 is 2.41 bits per heavy atom. The van der Waals surface area contributed by atoms with E-state index >= 15 is 0 Å². The van der Waals surface area contributed by atoms with Gasteiger partial charge < -0.3 is 15.5 Å². The fourth-order valence-electron chi connectivity index (χ4n) is 4.86. The number of likely N-dealkylation sites (tertiary alicyclic amines) is 2. The fraction of sp³-hybridized carbons (Fsp3) is 0.680. The van der Waals surface area contributed by atoms with Gasteiger partial charge in [-0.1, -0.05) is 38.1 Å². The monoisotopic (exact) mass is 555 g/mol. The van der Waals surface area contributed by atoms with Crippen LogP contribution in [-0.2, 0) is 17.9 Å². The molecule has 0 bridgehead atoms. The molecule has 1 aromatic rings. The van der Waals surface area contributed by atoms with Crippen LogP contribution in [-0.4, -0.2) is 60.9 Å². The number of benzene rings is 1. The molecule has 6 nitrogen and oxygen atoms in total. The molecule has 7 heteroatoms. The van der Waals surface area contributed by atoms with Gasteiger partial charge in [-0.25, -0.2) is 4.99 Å². The van der Waals surface area contributed by atoms with Crippen LogP contribution in [0.15, 0.2) is 29.3 Å². The minimum atomic E-state index is 0. The minimum absolute atomic E-state index is 0. The Hall–Kier alpha value is -1.35. The Kier molecular flexibility index (Phi) is 11.8. The van der Waals surface area contributed by atoms with Crippen molar-refractivity contribution in [3.63, 3.8) is 0 Å². The van der Waals surface area contributed by atoms with E-state index < -0.39 is 0 Å². The molecule has 32 heavy (non-hydrogen) atoms. The third-order valence-electron chi connectivity index (χ3n) is 6.21. The van der Waals surface area contributed by atoms with Crippen LogP contribution in [0, 0.1) is 11.8 Å². The Labute approximate surface area is 211 Å². The van der Waals surface area contributed by atoms with E-state index in [-0.39, 0.29) is 24.0 Å². The van der Waals surface area contributed by atoms with E-state index in [1.807, 2.05) is 4.90 Å². The van der Waals surface area contributed by atoms with Gasteiger partial charge in [0.1, 0.15) is 0 Å². The SMILES string of the molecule is CCNC(=NCc1ccc(CN2CC(C)CC(C)C2)cc1)NCCCN1CCCC1=O.I. The first-order chi connectivity index (χ1) is 15.0. The lowest BCUT2D eigenvalue weighted by Crippen LogP contribution is -2.39. The second-order valence-corrected chi connectivity index (χ2v) is 9.42. The van der Waals surface area contributed by atoms with Crippen LogP contribution in [0.25, 0.3) is 0 Å². The van der Waals surface area contributed by atoms with Crippen molar-refractivity contribution in [2.45, 2.75) is 59.5 Å². The molecule has 0 spiro atoms. The maximum absolute atomic E-state index is 11.7. The van der Waals surface area contributed by atoms with Crippen molar-refractivity contribution >= 4 is 35.8 Å². The summed E-state index contributed by atoms with van der Waals surface area (Å²) in [6, 6.07) is 8.92. The molecule has 2 atom stereocenters. The molecule has 0 saturated carbocycles. The number of carbonyl (C=O) groups excluding carboxylic acids is 1. The van der Waals surface area contributed by atoms with Gasteiger partial charge in [0.15, 0.2) is 5.96 Å². The first-order valence-electron chi connectivity index (χ1n) is 12.1. The van der Waals surface area contributed by atoms with Gasteiger partial charge in [-0.2, -0.15) is 0 Å². The van der Waals surface area contributed by atoms with Gasteiger partial charge in [-0.05, 0) is 49.1 Å². The number of piperidine rings is 1. The molecule has 1 amide bonds. The summed E-state index contributed by atoms with van der Waals surface area (Å²) in [5.74, 6) is 2.74. The molecular formula is C25H42IN5O. The number of halogens is 1. The summed E-state index contributed by atoms with van der Waals surface area (Å²) in [7, 11) is 0. The van der Waals surface area contributed by atoms with Gasteiger partial charge in [-0.3, -0.25) is 9.69 Å². The Balaban J connectivity index is 0.00000363. The summed E-state index contributed by atoms with van der Waals surface area (Å²) in [5.41, 5.74) is 2.61. The lowest BCUT2D eigenvalue weighted by Gasteiger charge is -2.35. The Bertz CT molecular complexity index is 714. The maximum atomic E-state index is 11.7. The second-order valence-electron chi connectivity index (χ2n) is 9.42. The standard InChI is InChI=1S/C25H41N5O.HI/c1-4-26-25(27-12-6-14-30-13-5-7-24(30)31)28-16-22-8-10-23(11-9-22)19-29-17-20(2)15-21(3)18-29;/h8-11,20-21H,4-7,12-19H2,1-3H3,(H2,26,27,28);1H. The lowest BCUT2D eigenvalue weighted by molar-refractivity contribution is -0.127. The summed E-state index contributed by atoms with van der Waals surface area (Å²) in [5, 5.41) is 6.71. The number of carbonyl (C=O) groups is 1. The molecule has 2 N–H and O–H groups in total. The average molecular weight is 556 g/mol. The van der Waals surface area contributed by atoms with Gasteiger partial charge in [0.2, 0.25) is 5.91 Å². The van der Waals surface area contributed by atoms with E-state index in [1.54, 1.807) is 0 Å². The van der Waals surface area contributed by atoms with E-state index in [1.165, 1.54) is 30.6 Å². The summed E-state index contributed by atoms with van der Waals surface area (Å²) >= 11 is 0. The summed E-state index contributed by atoms with van der Waals surface area (Å²) in [6.07, 6.45) is 4.02. The Morgan fingerprint density at radius 1 is 1.09 bits per heavy atom. The molecule has 0 aliphatic carbocycles. The predicted molar refractivity (Wildman–Crippen MR) is 143 cm³/mol. The maximum Gasteiger partial charge on any atom is 0.222 e. The zero-order valence-corrected chi connectivity index (χ0v) is 22.4. The lowest BCUT2D eigenvalue weighted by atomic mass is 9.91. The van der Waals surface area contributed by atoms with Crippen LogP contribution in [0.1, 0.15) is 57.6 Å². The number of amides is 1. The Morgan fingerprint density at radius 2 is 1.78 bits per heavy atom. The molecule has 180 valence electrons. The zero-order valence-electron chi connectivity index (χ0n) is 20.1. The number of guanidine groups is 1. The number of nitrogens with zero attached hydrogens (tertiary/aromatic N) is 3. The topological polar surface area (TPSA) is 60.0 Å². The molecule has 2 aliphatic rings. The van der Waals surface area contributed by atoms with Crippen molar-refractivity contribution in [2.24, 2.45) is 16.8 Å². The molecule has 2 heterocycles. The van der Waals surface area contributed by atoms with Crippen LogP contribution in [0.3, 0.4) is 0 Å².